The van der Waals surface area contributed by atoms with Crippen LogP contribution in [0.25, 0.3) is 10.6 Å². The number of benzene rings is 1. The maximum absolute atomic E-state index is 11.3. The predicted octanol–water partition coefficient (Wildman–Crippen LogP) is 2.10. The van der Waals surface area contributed by atoms with Gasteiger partial charge in [0.15, 0.2) is 0 Å². The summed E-state index contributed by atoms with van der Waals surface area (Å²) in [5.74, 6) is -0.162. The third-order valence-corrected chi connectivity index (χ3v) is 4.94. The van der Waals surface area contributed by atoms with Crippen molar-refractivity contribution in [3.8, 4) is 10.6 Å². The van der Waals surface area contributed by atoms with E-state index in [1.807, 2.05) is 18.2 Å². The molecule has 1 saturated heterocycles. The van der Waals surface area contributed by atoms with Gasteiger partial charge >= 0.3 is 5.97 Å². The third kappa shape index (κ3) is 4.37. The van der Waals surface area contributed by atoms with E-state index in [-0.39, 0.29) is 5.97 Å². The molecule has 2 heterocycles. The molecule has 1 aliphatic heterocycles. The Morgan fingerprint density at radius 1 is 1.17 bits per heavy atom. The van der Waals surface area contributed by atoms with E-state index >= 15 is 0 Å². The second-order valence-electron chi connectivity index (χ2n) is 5.64. The summed E-state index contributed by atoms with van der Waals surface area (Å²) >= 11 is 1.69. The molecule has 0 unspecified atom stereocenters. The van der Waals surface area contributed by atoms with Crippen molar-refractivity contribution in [1.29, 1.82) is 0 Å². The molecule has 0 amide bonds. The Kier molecular flexibility index (Phi) is 5.38. The lowest BCUT2D eigenvalue weighted by Gasteiger charge is -2.33. The van der Waals surface area contributed by atoms with E-state index in [1.54, 1.807) is 11.3 Å². The highest BCUT2D eigenvalue weighted by Crippen LogP contribution is 2.24. The van der Waals surface area contributed by atoms with Crippen LogP contribution in [0.3, 0.4) is 0 Å². The molecule has 0 saturated carbocycles. The van der Waals surface area contributed by atoms with Gasteiger partial charge in [0.2, 0.25) is 0 Å². The SMILES string of the molecule is COC(=O)CN1CCN(Cc2csc(-c3ccccc3)n2)CC1. The van der Waals surface area contributed by atoms with Crippen LogP contribution in [0.2, 0.25) is 0 Å². The van der Waals surface area contributed by atoms with Gasteiger partial charge in [-0.15, -0.1) is 11.3 Å². The molecule has 1 aliphatic rings. The summed E-state index contributed by atoms with van der Waals surface area (Å²) in [5, 5.41) is 3.22. The number of methoxy groups -OCH3 is 1. The summed E-state index contributed by atoms with van der Waals surface area (Å²) in [6.07, 6.45) is 0. The number of carbonyl (C=O) groups is 1. The van der Waals surface area contributed by atoms with E-state index in [1.165, 1.54) is 12.7 Å². The summed E-state index contributed by atoms with van der Waals surface area (Å²) in [7, 11) is 1.44. The van der Waals surface area contributed by atoms with Crippen LogP contribution in [-0.2, 0) is 16.1 Å². The fourth-order valence-electron chi connectivity index (χ4n) is 2.67. The zero-order valence-electron chi connectivity index (χ0n) is 13.3. The number of carbonyl (C=O) groups excluding carboxylic acids is 1. The smallest absolute Gasteiger partial charge is 0.319 e. The zero-order valence-corrected chi connectivity index (χ0v) is 14.1. The molecular weight excluding hydrogens is 310 g/mol. The van der Waals surface area contributed by atoms with E-state index in [0.29, 0.717) is 6.54 Å². The Morgan fingerprint density at radius 2 is 1.87 bits per heavy atom. The van der Waals surface area contributed by atoms with Crippen molar-refractivity contribution >= 4 is 17.3 Å². The first-order chi connectivity index (χ1) is 11.2. The lowest BCUT2D eigenvalue weighted by Crippen LogP contribution is -2.47. The van der Waals surface area contributed by atoms with Crippen molar-refractivity contribution in [3.05, 3.63) is 41.4 Å². The van der Waals surface area contributed by atoms with Crippen molar-refractivity contribution < 1.29 is 9.53 Å². The number of aromatic nitrogens is 1. The molecule has 0 aliphatic carbocycles. The van der Waals surface area contributed by atoms with Gasteiger partial charge in [0.1, 0.15) is 5.01 Å². The van der Waals surface area contributed by atoms with Crippen molar-refractivity contribution in [2.75, 3.05) is 39.8 Å². The van der Waals surface area contributed by atoms with Gasteiger partial charge in [-0.25, -0.2) is 4.98 Å². The molecule has 1 aromatic carbocycles. The first kappa shape index (κ1) is 16.1. The van der Waals surface area contributed by atoms with Gasteiger partial charge in [0.25, 0.3) is 0 Å². The van der Waals surface area contributed by atoms with Crippen molar-refractivity contribution in [1.82, 2.24) is 14.8 Å². The maximum Gasteiger partial charge on any atom is 0.319 e. The van der Waals surface area contributed by atoms with Crippen LogP contribution in [0.1, 0.15) is 5.69 Å². The zero-order chi connectivity index (χ0) is 16.1. The molecule has 1 fully saturated rings. The molecule has 0 N–H and O–H groups in total. The highest BCUT2D eigenvalue weighted by Gasteiger charge is 2.19. The minimum Gasteiger partial charge on any atom is -0.468 e. The summed E-state index contributed by atoms with van der Waals surface area (Å²) in [4.78, 5) is 20.6. The average Bonchev–Trinajstić information content (AvgIpc) is 3.06. The quantitative estimate of drug-likeness (QED) is 0.785. The number of hydrogen-bond acceptors (Lipinski definition) is 6. The van der Waals surface area contributed by atoms with Crippen molar-refractivity contribution in [2.45, 2.75) is 6.54 Å². The van der Waals surface area contributed by atoms with E-state index in [4.69, 9.17) is 9.72 Å². The first-order valence-corrected chi connectivity index (χ1v) is 8.64. The summed E-state index contributed by atoms with van der Waals surface area (Å²) in [6, 6.07) is 10.3. The van der Waals surface area contributed by atoms with Crippen LogP contribution >= 0.6 is 11.3 Å². The monoisotopic (exact) mass is 331 g/mol. The van der Waals surface area contributed by atoms with Gasteiger partial charge in [-0.1, -0.05) is 30.3 Å². The standard InChI is InChI=1S/C17H21N3O2S/c1-22-16(21)12-20-9-7-19(8-10-20)11-15-13-23-17(18-15)14-5-3-2-4-6-14/h2-6,13H,7-12H2,1H3. The molecule has 3 rings (SSSR count). The average molecular weight is 331 g/mol. The number of nitrogens with zero attached hydrogens (tertiary/aromatic N) is 3. The fraction of sp³-hybridized carbons (Fsp3) is 0.412. The maximum atomic E-state index is 11.3. The van der Waals surface area contributed by atoms with Gasteiger partial charge in [-0.05, 0) is 0 Å². The van der Waals surface area contributed by atoms with Crippen LogP contribution in [0.4, 0.5) is 0 Å². The lowest BCUT2D eigenvalue weighted by atomic mass is 10.2. The largest absolute Gasteiger partial charge is 0.468 e. The molecule has 0 spiro atoms. The Bertz CT molecular complexity index is 636. The molecule has 122 valence electrons. The highest BCUT2D eigenvalue weighted by molar-refractivity contribution is 7.13. The minimum atomic E-state index is -0.162. The summed E-state index contributed by atoms with van der Waals surface area (Å²) in [6.45, 7) is 4.95. The second kappa shape index (κ2) is 7.68. The number of esters is 1. The minimum absolute atomic E-state index is 0.162. The molecule has 0 radical (unpaired) electrons. The van der Waals surface area contributed by atoms with Gasteiger partial charge in [0.05, 0.1) is 19.3 Å². The summed E-state index contributed by atoms with van der Waals surface area (Å²) in [5.41, 5.74) is 2.29. The summed E-state index contributed by atoms with van der Waals surface area (Å²) < 4.78 is 4.72. The van der Waals surface area contributed by atoms with E-state index in [9.17, 15) is 4.79 Å². The van der Waals surface area contributed by atoms with Crippen LogP contribution < -0.4 is 0 Å². The molecule has 0 atom stereocenters. The van der Waals surface area contributed by atoms with Gasteiger partial charge in [-0.3, -0.25) is 14.6 Å². The lowest BCUT2D eigenvalue weighted by molar-refractivity contribution is -0.142. The highest BCUT2D eigenvalue weighted by atomic mass is 32.1. The van der Waals surface area contributed by atoms with Gasteiger partial charge in [0, 0.05) is 43.7 Å². The number of piperazine rings is 1. The molecule has 5 nitrogen and oxygen atoms in total. The van der Waals surface area contributed by atoms with Crippen molar-refractivity contribution in [2.24, 2.45) is 0 Å². The van der Waals surface area contributed by atoms with Crippen LogP contribution in [0.5, 0.6) is 0 Å². The van der Waals surface area contributed by atoms with E-state index in [0.717, 1.165) is 43.4 Å². The molecule has 23 heavy (non-hydrogen) atoms. The van der Waals surface area contributed by atoms with Gasteiger partial charge < -0.3 is 4.74 Å². The van der Waals surface area contributed by atoms with Crippen molar-refractivity contribution in [3.63, 3.8) is 0 Å². The molecule has 2 aromatic rings. The molecular formula is C17H21N3O2S. The van der Waals surface area contributed by atoms with E-state index < -0.39 is 0 Å². The number of ether oxygens (including phenoxy) is 1. The van der Waals surface area contributed by atoms with Crippen LogP contribution in [0.15, 0.2) is 35.7 Å². The van der Waals surface area contributed by atoms with Crippen LogP contribution in [0, 0.1) is 0 Å². The normalized spacial score (nSPS) is 16.4. The second-order valence-corrected chi connectivity index (χ2v) is 6.50. The fourth-order valence-corrected chi connectivity index (χ4v) is 3.49. The predicted molar refractivity (Wildman–Crippen MR) is 91.3 cm³/mol. The van der Waals surface area contributed by atoms with E-state index in [2.05, 4.69) is 27.3 Å². The Morgan fingerprint density at radius 3 is 2.57 bits per heavy atom. The number of rotatable bonds is 5. The molecule has 6 heteroatoms. The number of hydrogen-bond donors (Lipinski definition) is 0. The Labute approximate surface area is 140 Å². The first-order valence-electron chi connectivity index (χ1n) is 7.76. The third-order valence-electron chi connectivity index (χ3n) is 4.00. The molecule has 0 bridgehead atoms. The molecule has 1 aromatic heterocycles. The van der Waals surface area contributed by atoms with Crippen LogP contribution in [-0.4, -0.2) is 60.6 Å². The number of thiazole rings is 1. The Hall–Kier alpha value is -1.76. The Balaban J connectivity index is 1.51. The topological polar surface area (TPSA) is 45.7 Å². The van der Waals surface area contributed by atoms with Gasteiger partial charge in [-0.2, -0.15) is 0 Å².